The van der Waals surface area contributed by atoms with E-state index in [1.54, 1.807) is 11.9 Å². The van der Waals surface area contributed by atoms with Crippen LogP contribution in [0.2, 0.25) is 0 Å². The summed E-state index contributed by atoms with van der Waals surface area (Å²) in [4.78, 5) is 25.2. The fourth-order valence-corrected chi connectivity index (χ4v) is 2.23. The number of nitrogens with one attached hydrogen (secondary N) is 1. The highest BCUT2D eigenvalue weighted by molar-refractivity contribution is 7.80. The molecule has 0 aliphatic rings. The van der Waals surface area contributed by atoms with E-state index in [1.165, 1.54) is 0 Å². The number of thiol groups is 1. The lowest BCUT2D eigenvalue weighted by atomic mass is 10.1. The molecule has 0 spiro atoms. The van der Waals surface area contributed by atoms with Gasteiger partial charge in [-0.15, -0.1) is 0 Å². The molecule has 0 bridgehead atoms. The first-order chi connectivity index (χ1) is 10.3. The lowest BCUT2D eigenvalue weighted by Crippen LogP contribution is -2.52. The number of carbonyl (C=O) groups is 2. The van der Waals surface area contributed by atoms with Crippen molar-refractivity contribution in [3.05, 3.63) is 35.9 Å². The Labute approximate surface area is 137 Å². The highest BCUT2D eigenvalue weighted by Crippen LogP contribution is 2.08. The Hall–Kier alpha value is -1.69. The third-order valence-corrected chi connectivity index (χ3v) is 3.26. The van der Waals surface area contributed by atoms with Crippen molar-refractivity contribution in [2.75, 3.05) is 19.3 Å². The van der Waals surface area contributed by atoms with E-state index in [0.717, 1.165) is 5.56 Å². The zero-order valence-corrected chi connectivity index (χ0v) is 14.2. The van der Waals surface area contributed by atoms with Crippen molar-refractivity contribution in [2.24, 2.45) is 0 Å². The number of alkyl carbamates (subject to hydrolysis) is 1. The third kappa shape index (κ3) is 6.85. The summed E-state index contributed by atoms with van der Waals surface area (Å²) < 4.78 is 5.19. The smallest absolute Gasteiger partial charge is 0.407 e. The Balaban J connectivity index is 2.42. The van der Waals surface area contributed by atoms with E-state index in [4.69, 9.17) is 4.74 Å². The van der Waals surface area contributed by atoms with E-state index >= 15 is 0 Å². The first kappa shape index (κ1) is 18.4. The number of hydrogen-bond acceptors (Lipinski definition) is 4. The van der Waals surface area contributed by atoms with Gasteiger partial charge in [0.2, 0.25) is 5.91 Å². The van der Waals surface area contributed by atoms with Crippen LogP contribution < -0.4 is 5.32 Å². The largest absolute Gasteiger partial charge is 0.445 e. The van der Waals surface area contributed by atoms with Gasteiger partial charge >= 0.3 is 6.09 Å². The molecule has 0 fully saturated rings. The van der Waals surface area contributed by atoms with Crippen LogP contribution in [0.5, 0.6) is 0 Å². The summed E-state index contributed by atoms with van der Waals surface area (Å²) in [7, 11) is 1.71. The van der Waals surface area contributed by atoms with Crippen LogP contribution >= 0.6 is 12.6 Å². The second kappa shape index (κ2) is 8.68. The van der Waals surface area contributed by atoms with Gasteiger partial charge in [0.15, 0.2) is 0 Å². The topological polar surface area (TPSA) is 58.6 Å². The maximum atomic E-state index is 11.9. The molecule has 0 aliphatic carbocycles. The monoisotopic (exact) mass is 324 g/mol. The third-order valence-electron chi connectivity index (χ3n) is 3.04. The number of nitrogens with zero attached hydrogens (tertiary/aromatic N) is 1. The van der Waals surface area contributed by atoms with Gasteiger partial charge < -0.3 is 15.0 Å². The Kier molecular flexibility index (Phi) is 7.24. The minimum absolute atomic E-state index is 0.00234. The summed E-state index contributed by atoms with van der Waals surface area (Å²) in [6.07, 6.45) is -0.113. The maximum Gasteiger partial charge on any atom is 0.407 e. The molecule has 5 nitrogen and oxygen atoms in total. The lowest BCUT2D eigenvalue weighted by molar-refractivity contribution is -0.130. The molecule has 1 aromatic rings. The van der Waals surface area contributed by atoms with Crippen LogP contribution in [0.25, 0.3) is 0 Å². The number of rotatable bonds is 7. The molecule has 0 aromatic heterocycles. The van der Waals surface area contributed by atoms with E-state index in [9.17, 15) is 9.59 Å². The van der Waals surface area contributed by atoms with E-state index in [1.807, 2.05) is 44.2 Å². The second-order valence-electron chi connectivity index (χ2n) is 5.79. The standard InChI is InChI=1S/C16H24N2O3S/c1-16(2,12-18(3)14(19)9-10-22)17-15(20)21-11-13-7-5-4-6-8-13/h4-8,22H,9-12H2,1-3H3,(H,17,20). The highest BCUT2D eigenvalue weighted by Gasteiger charge is 2.25. The quantitative estimate of drug-likeness (QED) is 0.758. The normalized spacial score (nSPS) is 10.9. The van der Waals surface area contributed by atoms with Crippen molar-refractivity contribution in [3.8, 4) is 0 Å². The van der Waals surface area contributed by atoms with Gasteiger partial charge in [0.1, 0.15) is 6.61 Å². The molecule has 0 saturated carbocycles. The van der Waals surface area contributed by atoms with E-state index in [-0.39, 0.29) is 12.5 Å². The summed E-state index contributed by atoms with van der Waals surface area (Å²) in [6.45, 7) is 4.32. The first-order valence-corrected chi connectivity index (χ1v) is 7.81. The Morgan fingerprint density at radius 3 is 2.50 bits per heavy atom. The number of ether oxygens (including phenoxy) is 1. The predicted molar refractivity (Wildman–Crippen MR) is 89.9 cm³/mol. The number of likely N-dealkylation sites (N-methyl/N-ethyl adjacent to an activating group) is 1. The molecule has 0 unspecified atom stereocenters. The Morgan fingerprint density at radius 2 is 1.91 bits per heavy atom. The molecule has 1 N–H and O–H groups in total. The molecule has 6 heteroatoms. The number of benzene rings is 1. The zero-order chi connectivity index (χ0) is 16.6. The molecule has 0 radical (unpaired) electrons. The molecule has 122 valence electrons. The van der Waals surface area contributed by atoms with Crippen molar-refractivity contribution in [3.63, 3.8) is 0 Å². The molecule has 22 heavy (non-hydrogen) atoms. The average molecular weight is 324 g/mol. The number of carbonyl (C=O) groups excluding carboxylic acids is 2. The molecule has 0 saturated heterocycles. The van der Waals surface area contributed by atoms with Gasteiger partial charge in [-0.2, -0.15) is 12.6 Å². The molecular formula is C16H24N2O3S. The van der Waals surface area contributed by atoms with Gasteiger partial charge in [0.05, 0.1) is 5.54 Å². The summed E-state index contributed by atoms with van der Waals surface area (Å²) in [5.41, 5.74) is 0.353. The lowest BCUT2D eigenvalue weighted by Gasteiger charge is -2.31. The highest BCUT2D eigenvalue weighted by atomic mass is 32.1. The average Bonchev–Trinajstić information content (AvgIpc) is 2.45. The maximum absolute atomic E-state index is 11.9. The van der Waals surface area contributed by atoms with Gasteiger partial charge in [-0.3, -0.25) is 4.79 Å². The van der Waals surface area contributed by atoms with Crippen LogP contribution in [-0.2, 0) is 16.1 Å². The van der Waals surface area contributed by atoms with Crippen LogP contribution in [0.15, 0.2) is 30.3 Å². The van der Waals surface area contributed by atoms with Gasteiger partial charge in [0.25, 0.3) is 0 Å². The van der Waals surface area contributed by atoms with Crippen LogP contribution in [0.4, 0.5) is 4.79 Å². The molecule has 1 aromatic carbocycles. The van der Waals surface area contributed by atoms with Crippen LogP contribution in [0, 0.1) is 0 Å². The number of amides is 2. The molecule has 0 heterocycles. The van der Waals surface area contributed by atoms with E-state index in [0.29, 0.717) is 18.7 Å². The second-order valence-corrected chi connectivity index (χ2v) is 6.24. The van der Waals surface area contributed by atoms with Gasteiger partial charge in [-0.1, -0.05) is 30.3 Å². The van der Waals surface area contributed by atoms with Crippen molar-refractivity contribution >= 4 is 24.6 Å². The summed E-state index contributed by atoms with van der Waals surface area (Å²) in [5.74, 6) is 0.512. The zero-order valence-electron chi connectivity index (χ0n) is 13.3. The van der Waals surface area contributed by atoms with Gasteiger partial charge in [-0.05, 0) is 25.2 Å². The van der Waals surface area contributed by atoms with Crippen molar-refractivity contribution < 1.29 is 14.3 Å². The van der Waals surface area contributed by atoms with Crippen molar-refractivity contribution in [1.29, 1.82) is 0 Å². The van der Waals surface area contributed by atoms with Crippen LogP contribution in [0.1, 0.15) is 25.8 Å². The van der Waals surface area contributed by atoms with Gasteiger partial charge in [-0.25, -0.2) is 4.79 Å². The molecule has 0 atom stereocenters. The fraction of sp³-hybridized carbons (Fsp3) is 0.500. The minimum Gasteiger partial charge on any atom is -0.445 e. The molecule has 0 aliphatic heterocycles. The minimum atomic E-state index is -0.575. The Morgan fingerprint density at radius 1 is 1.27 bits per heavy atom. The van der Waals surface area contributed by atoms with Gasteiger partial charge in [0, 0.05) is 20.0 Å². The van der Waals surface area contributed by atoms with Crippen molar-refractivity contribution in [2.45, 2.75) is 32.4 Å². The number of hydrogen-bond donors (Lipinski definition) is 2. The first-order valence-electron chi connectivity index (χ1n) is 7.18. The molecule has 2 amide bonds. The Bertz CT molecular complexity index is 491. The fourth-order valence-electron chi connectivity index (χ4n) is 2.04. The SMILES string of the molecule is CN(CC(C)(C)NC(=O)OCc1ccccc1)C(=O)CCS. The van der Waals surface area contributed by atoms with Crippen LogP contribution in [-0.4, -0.2) is 41.8 Å². The van der Waals surface area contributed by atoms with E-state index < -0.39 is 11.6 Å². The predicted octanol–water partition coefficient (Wildman–Crippen LogP) is 2.47. The van der Waals surface area contributed by atoms with Crippen molar-refractivity contribution in [1.82, 2.24) is 10.2 Å². The summed E-state index contributed by atoms with van der Waals surface area (Å²) >= 11 is 4.05. The summed E-state index contributed by atoms with van der Waals surface area (Å²) in [5, 5.41) is 2.78. The summed E-state index contributed by atoms with van der Waals surface area (Å²) in [6, 6.07) is 9.47. The van der Waals surface area contributed by atoms with Crippen LogP contribution in [0.3, 0.4) is 0 Å². The molecule has 1 rings (SSSR count). The van der Waals surface area contributed by atoms with E-state index in [2.05, 4.69) is 17.9 Å². The molecular weight excluding hydrogens is 300 g/mol.